The number of para-hydroxylation sites is 1. The van der Waals surface area contributed by atoms with Gasteiger partial charge in [-0.2, -0.15) is 0 Å². The molecular formula is C30H27N3O7. The van der Waals surface area contributed by atoms with Gasteiger partial charge in [0.25, 0.3) is 11.1 Å². The predicted octanol–water partition coefficient (Wildman–Crippen LogP) is 3.85. The Labute approximate surface area is 227 Å². The zero-order valence-corrected chi connectivity index (χ0v) is 21.9. The van der Waals surface area contributed by atoms with Gasteiger partial charge in [-0.15, -0.1) is 0 Å². The zero-order valence-electron chi connectivity index (χ0n) is 21.9. The van der Waals surface area contributed by atoms with Gasteiger partial charge in [-0.25, -0.2) is 0 Å². The normalized spacial score (nSPS) is 13.2. The molecule has 10 heteroatoms. The van der Waals surface area contributed by atoms with Crippen LogP contribution in [0, 0.1) is 6.92 Å². The number of aryl methyl sites for hydroxylation is 2. The van der Waals surface area contributed by atoms with Gasteiger partial charge in [0, 0.05) is 52.3 Å². The Morgan fingerprint density at radius 3 is 2.67 bits per heavy atom. The number of carbonyl (C=O) groups is 1. The summed E-state index contributed by atoms with van der Waals surface area (Å²) < 4.78 is 17.3. The lowest BCUT2D eigenvalue weighted by Crippen LogP contribution is -2.31. The lowest BCUT2D eigenvalue weighted by Gasteiger charge is -2.20. The molecule has 5 aromatic rings. The maximum Gasteiger partial charge on any atom is 0.306 e. The zero-order chi connectivity index (χ0) is 28.0. The lowest BCUT2D eigenvalue weighted by atomic mass is 9.88. The van der Waals surface area contributed by atoms with Crippen molar-refractivity contribution in [3.63, 3.8) is 0 Å². The first-order valence-corrected chi connectivity index (χ1v) is 12.9. The molecule has 2 aromatic carbocycles. The summed E-state index contributed by atoms with van der Waals surface area (Å²) in [5, 5.41) is 12.7. The van der Waals surface area contributed by atoms with E-state index in [1.54, 1.807) is 29.7 Å². The third-order valence-electron chi connectivity index (χ3n) is 7.49. The molecule has 0 fully saturated rings. The molecule has 0 radical (unpaired) electrons. The van der Waals surface area contributed by atoms with Crippen LogP contribution in [0.5, 0.6) is 17.2 Å². The average Bonchev–Trinajstić information content (AvgIpc) is 3.57. The highest BCUT2D eigenvalue weighted by molar-refractivity contribution is 5.84. The number of aromatic amines is 2. The van der Waals surface area contributed by atoms with E-state index in [1.807, 2.05) is 30.5 Å². The number of hydrogen-bond donors (Lipinski definition) is 3. The van der Waals surface area contributed by atoms with E-state index >= 15 is 0 Å². The van der Waals surface area contributed by atoms with E-state index in [4.69, 9.17) is 14.2 Å². The van der Waals surface area contributed by atoms with Crippen LogP contribution in [0.4, 0.5) is 0 Å². The van der Waals surface area contributed by atoms with Crippen molar-refractivity contribution < 1.29 is 24.1 Å². The Morgan fingerprint density at radius 1 is 1.10 bits per heavy atom. The summed E-state index contributed by atoms with van der Waals surface area (Å²) in [4.78, 5) is 45.8. The highest BCUT2D eigenvalue weighted by Gasteiger charge is 2.29. The number of hydrogen-bond acceptors (Lipinski definition) is 7. The number of fused-ring (bicyclic) bond motifs is 3. The Kier molecular flexibility index (Phi) is 6.30. The molecule has 40 heavy (non-hydrogen) atoms. The SMILES string of the molecule is COC(=O)C[C@@H](c1cc2cc3c(cc2[nH]c1=O)OCO3)c1c(O)cc(C)n(CCc2c[nH]c3ccccc23)c1=O. The smallest absolute Gasteiger partial charge is 0.306 e. The van der Waals surface area contributed by atoms with E-state index in [0.29, 0.717) is 41.1 Å². The number of carbonyl (C=O) groups excluding carboxylic acids is 1. The maximum absolute atomic E-state index is 13.9. The summed E-state index contributed by atoms with van der Waals surface area (Å²) in [7, 11) is 1.24. The molecule has 3 aromatic heterocycles. The fourth-order valence-corrected chi connectivity index (χ4v) is 5.43. The minimum Gasteiger partial charge on any atom is -0.507 e. The summed E-state index contributed by atoms with van der Waals surface area (Å²) in [6, 6.07) is 14.4. The Balaban J connectivity index is 1.45. The Hall–Kier alpha value is -4.99. The second kappa shape index (κ2) is 9.96. The van der Waals surface area contributed by atoms with Gasteiger partial charge < -0.3 is 33.9 Å². The molecule has 0 saturated heterocycles. The van der Waals surface area contributed by atoms with Gasteiger partial charge in [-0.3, -0.25) is 14.4 Å². The third kappa shape index (κ3) is 4.37. The Morgan fingerprint density at radius 2 is 1.88 bits per heavy atom. The molecule has 0 unspecified atom stereocenters. The molecule has 6 rings (SSSR count). The standard InChI is InChI=1S/C30H27N3O7/c1-16-9-24(34)28(30(37)33(16)8-7-17-14-31-22-6-4-3-5-19(17)22)20(12-27(35)38-2)21-10-18-11-25-26(40-15-39-25)13-23(18)32-29(21)36/h3-6,9-11,13-14,20,31,34H,7-8,12,15H2,1-2H3,(H,32,36)/t20-/m0/s1. The Bertz CT molecular complexity index is 1900. The van der Waals surface area contributed by atoms with Gasteiger partial charge in [0.15, 0.2) is 11.5 Å². The predicted molar refractivity (Wildman–Crippen MR) is 148 cm³/mol. The number of aromatic nitrogens is 3. The van der Waals surface area contributed by atoms with Crippen LogP contribution in [0.1, 0.15) is 34.7 Å². The maximum atomic E-state index is 13.9. The molecule has 0 bridgehead atoms. The van der Waals surface area contributed by atoms with Crippen LogP contribution in [0.15, 0.2) is 64.3 Å². The molecular weight excluding hydrogens is 514 g/mol. The summed E-state index contributed by atoms with van der Waals surface area (Å²) in [6.07, 6.45) is 2.16. The number of nitrogens with one attached hydrogen (secondary N) is 2. The summed E-state index contributed by atoms with van der Waals surface area (Å²) in [6.45, 7) is 2.15. The molecule has 0 spiro atoms. The van der Waals surface area contributed by atoms with Gasteiger partial charge in [0.1, 0.15) is 5.75 Å². The van der Waals surface area contributed by atoms with Gasteiger partial charge in [0.2, 0.25) is 6.79 Å². The molecule has 0 saturated carbocycles. The number of nitrogens with zero attached hydrogens (tertiary/aromatic N) is 1. The van der Waals surface area contributed by atoms with Crippen LogP contribution in [0.3, 0.4) is 0 Å². The second-order valence-electron chi connectivity index (χ2n) is 9.83. The highest BCUT2D eigenvalue weighted by atomic mass is 16.7. The molecule has 1 aliphatic heterocycles. The minimum atomic E-state index is -1.06. The molecule has 0 aliphatic carbocycles. The average molecular weight is 542 g/mol. The number of rotatable bonds is 7. The van der Waals surface area contributed by atoms with Gasteiger partial charge >= 0.3 is 5.97 Å². The van der Waals surface area contributed by atoms with Crippen LogP contribution >= 0.6 is 0 Å². The van der Waals surface area contributed by atoms with E-state index in [-0.39, 0.29) is 30.1 Å². The van der Waals surface area contributed by atoms with Crippen LogP contribution in [0.2, 0.25) is 0 Å². The number of benzene rings is 2. The number of H-pyrrole nitrogens is 2. The van der Waals surface area contributed by atoms with Crippen molar-refractivity contribution in [2.75, 3.05) is 13.9 Å². The van der Waals surface area contributed by atoms with Crippen LogP contribution in [-0.2, 0) is 22.5 Å². The molecule has 4 heterocycles. The number of aromatic hydroxyl groups is 1. The van der Waals surface area contributed by atoms with E-state index in [9.17, 15) is 19.5 Å². The number of ether oxygens (including phenoxy) is 3. The topological polar surface area (TPSA) is 136 Å². The van der Waals surface area contributed by atoms with Crippen LogP contribution in [-0.4, -0.2) is 39.5 Å². The number of pyridine rings is 2. The first-order valence-electron chi connectivity index (χ1n) is 12.9. The summed E-state index contributed by atoms with van der Waals surface area (Å²) in [5.41, 5.74) is 2.26. The fourth-order valence-electron chi connectivity index (χ4n) is 5.43. The van der Waals surface area contributed by atoms with Crippen molar-refractivity contribution in [1.29, 1.82) is 0 Å². The molecule has 204 valence electrons. The molecule has 1 aliphatic rings. The van der Waals surface area contributed by atoms with E-state index in [2.05, 4.69) is 9.97 Å². The number of methoxy groups -OCH3 is 1. The largest absolute Gasteiger partial charge is 0.507 e. The quantitative estimate of drug-likeness (QED) is 0.266. The van der Waals surface area contributed by atoms with Crippen molar-refractivity contribution in [3.8, 4) is 17.2 Å². The fraction of sp³-hybridized carbons (Fsp3) is 0.233. The second-order valence-corrected chi connectivity index (χ2v) is 9.83. The molecule has 10 nitrogen and oxygen atoms in total. The van der Waals surface area contributed by atoms with Crippen molar-refractivity contribution in [3.05, 3.63) is 97.8 Å². The van der Waals surface area contributed by atoms with Gasteiger partial charge in [-0.1, -0.05) is 18.2 Å². The van der Waals surface area contributed by atoms with E-state index in [1.165, 1.54) is 13.2 Å². The van der Waals surface area contributed by atoms with Crippen molar-refractivity contribution in [2.45, 2.75) is 32.2 Å². The van der Waals surface area contributed by atoms with Gasteiger partial charge in [0.05, 0.1) is 24.6 Å². The first-order chi connectivity index (χ1) is 19.3. The number of esters is 1. The van der Waals surface area contributed by atoms with Crippen LogP contribution < -0.4 is 20.6 Å². The molecule has 1 atom stereocenters. The third-order valence-corrected chi connectivity index (χ3v) is 7.49. The monoisotopic (exact) mass is 541 g/mol. The summed E-state index contributed by atoms with van der Waals surface area (Å²) >= 11 is 0. The first kappa shape index (κ1) is 25.3. The van der Waals surface area contributed by atoms with Crippen molar-refractivity contribution in [2.24, 2.45) is 0 Å². The van der Waals surface area contributed by atoms with E-state index in [0.717, 1.165) is 16.5 Å². The van der Waals surface area contributed by atoms with Gasteiger partial charge in [-0.05, 0) is 43.2 Å². The van der Waals surface area contributed by atoms with E-state index < -0.39 is 23.0 Å². The highest BCUT2D eigenvalue weighted by Crippen LogP contribution is 2.37. The van der Waals surface area contributed by atoms with Crippen LogP contribution in [0.25, 0.3) is 21.8 Å². The molecule has 0 amide bonds. The van der Waals surface area contributed by atoms with Crippen molar-refractivity contribution in [1.82, 2.24) is 14.5 Å². The minimum absolute atomic E-state index is 0.0412. The lowest BCUT2D eigenvalue weighted by molar-refractivity contribution is -0.140. The summed E-state index contributed by atoms with van der Waals surface area (Å²) in [5.74, 6) is -0.938. The molecule has 3 N–H and O–H groups in total. The van der Waals surface area contributed by atoms with Crippen molar-refractivity contribution >= 4 is 27.8 Å².